The average molecular weight is 190 g/mol. The summed E-state index contributed by atoms with van der Waals surface area (Å²) in [6, 6.07) is 7.86. The second-order valence-corrected chi connectivity index (χ2v) is 3.26. The third-order valence-corrected chi connectivity index (χ3v) is 2.23. The average Bonchev–Trinajstić information content (AvgIpc) is 2.59. The molecule has 1 atom stereocenters. The minimum absolute atomic E-state index is 0.188. The van der Waals surface area contributed by atoms with Gasteiger partial charge in [0.1, 0.15) is 0 Å². The molecule has 14 heavy (non-hydrogen) atoms. The van der Waals surface area contributed by atoms with Gasteiger partial charge in [0.15, 0.2) is 6.23 Å². The summed E-state index contributed by atoms with van der Waals surface area (Å²) in [5.74, 6) is -0.188. The Kier molecular flexibility index (Phi) is 2.39. The topological polar surface area (TPSA) is 40.4 Å². The molecule has 1 unspecified atom stereocenters. The van der Waals surface area contributed by atoms with Crippen LogP contribution in [-0.2, 0) is 16.0 Å². The molecule has 0 aromatic heterocycles. The van der Waals surface area contributed by atoms with Crippen molar-refractivity contribution in [2.45, 2.75) is 26.0 Å². The van der Waals surface area contributed by atoms with Crippen molar-refractivity contribution in [3.8, 4) is 0 Å². The van der Waals surface area contributed by atoms with E-state index >= 15 is 0 Å². The van der Waals surface area contributed by atoms with E-state index in [1.807, 2.05) is 24.3 Å². The van der Waals surface area contributed by atoms with E-state index in [0.29, 0.717) is 12.8 Å². The van der Waals surface area contributed by atoms with Gasteiger partial charge in [0, 0.05) is 12.8 Å². The SMILES string of the molecule is CCC(=O)OC1Cc2ccccc2[N]1. The van der Waals surface area contributed by atoms with Crippen molar-refractivity contribution in [2.75, 3.05) is 0 Å². The van der Waals surface area contributed by atoms with Gasteiger partial charge in [-0.2, -0.15) is 0 Å². The Hall–Kier alpha value is -1.51. The molecule has 73 valence electrons. The molecule has 1 radical (unpaired) electrons. The number of hydrogen-bond acceptors (Lipinski definition) is 2. The van der Waals surface area contributed by atoms with E-state index in [9.17, 15) is 4.79 Å². The fourth-order valence-corrected chi connectivity index (χ4v) is 1.50. The molecule has 1 aromatic carbocycles. The van der Waals surface area contributed by atoms with Gasteiger partial charge in [0.05, 0.1) is 5.69 Å². The predicted octanol–water partition coefficient (Wildman–Crippen LogP) is 1.76. The van der Waals surface area contributed by atoms with Crippen LogP contribution in [0.5, 0.6) is 0 Å². The summed E-state index contributed by atoms with van der Waals surface area (Å²) in [4.78, 5) is 11.0. The van der Waals surface area contributed by atoms with Gasteiger partial charge in [0.25, 0.3) is 0 Å². The van der Waals surface area contributed by atoms with Crippen molar-refractivity contribution >= 4 is 11.7 Å². The fraction of sp³-hybridized carbons (Fsp3) is 0.364. The Balaban J connectivity index is 2.01. The summed E-state index contributed by atoms with van der Waals surface area (Å²) >= 11 is 0. The van der Waals surface area contributed by atoms with Gasteiger partial charge in [0.2, 0.25) is 0 Å². The summed E-state index contributed by atoms with van der Waals surface area (Å²) in [6.07, 6.45) is 0.810. The van der Waals surface area contributed by atoms with Gasteiger partial charge in [-0.15, -0.1) is 0 Å². The number of para-hydroxylation sites is 1. The number of rotatable bonds is 2. The van der Waals surface area contributed by atoms with Gasteiger partial charge in [-0.3, -0.25) is 4.79 Å². The van der Waals surface area contributed by atoms with Gasteiger partial charge in [-0.25, -0.2) is 5.32 Å². The number of fused-ring (bicyclic) bond motifs is 1. The van der Waals surface area contributed by atoms with Crippen LogP contribution in [0, 0.1) is 0 Å². The third kappa shape index (κ3) is 1.71. The van der Waals surface area contributed by atoms with E-state index in [2.05, 4.69) is 5.32 Å². The molecule has 0 fully saturated rings. The molecule has 0 spiro atoms. The number of hydrogen-bond donors (Lipinski definition) is 0. The Labute approximate surface area is 83.1 Å². The van der Waals surface area contributed by atoms with Crippen LogP contribution in [0.2, 0.25) is 0 Å². The molecule has 2 rings (SSSR count). The first kappa shape index (κ1) is 9.06. The zero-order valence-corrected chi connectivity index (χ0v) is 8.06. The molecule has 0 bridgehead atoms. The van der Waals surface area contributed by atoms with Gasteiger partial charge >= 0.3 is 5.97 Å². The highest BCUT2D eigenvalue weighted by atomic mass is 16.6. The second kappa shape index (κ2) is 3.70. The predicted molar refractivity (Wildman–Crippen MR) is 52.1 cm³/mol. The van der Waals surface area contributed by atoms with E-state index in [1.165, 1.54) is 0 Å². The number of carbonyl (C=O) groups is 1. The number of nitrogens with zero attached hydrogens (tertiary/aromatic N) is 1. The number of ether oxygens (including phenoxy) is 1. The first-order valence-electron chi connectivity index (χ1n) is 4.78. The molecule has 3 nitrogen and oxygen atoms in total. The smallest absolute Gasteiger partial charge is 0.307 e. The lowest BCUT2D eigenvalue weighted by Gasteiger charge is -2.09. The fourth-order valence-electron chi connectivity index (χ4n) is 1.50. The van der Waals surface area contributed by atoms with Gasteiger partial charge in [-0.05, 0) is 11.6 Å². The second-order valence-electron chi connectivity index (χ2n) is 3.26. The standard InChI is InChI=1S/C11H12NO2/c1-2-11(13)14-10-7-8-5-3-4-6-9(8)12-10/h3-6,10H,2,7H2,1H3. The Morgan fingerprint density at radius 1 is 1.57 bits per heavy atom. The maximum Gasteiger partial charge on any atom is 0.307 e. The lowest BCUT2D eigenvalue weighted by Crippen LogP contribution is -2.22. The van der Waals surface area contributed by atoms with Crippen molar-refractivity contribution in [3.63, 3.8) is 0 Å². The van der Waals surface area contributed by atoms with Crippen LogP contribution < -0.4 is 5.32 Å². The first-order valence-corrected chi connectivity index (χ1v) is 4.78. The first-order chi connectivity index (χ1) is 6.79. The minimum atomic E-state index is -0.306. The van der Waals surface area contributed by atoms with Crippen LogP contribution >= 0.6 is 0 Å². The molecule has 0 saturated carbocycles. The molecule has 1 aliphatic rings. The van der Waals surface area contributed by atoms with Crippen molar-refractivity contribution in [3.05, 3.63) is 29.8 Å². The molecule has 1 heterocycles. The van der Waals surface area contributed by atoms with Crippen LogP contribution in [0.15, 0.2) is 24.3 Å². The lowest BCUT2D eigenvalue weighted by molar-refractivity contribution is -0.149. The Bertz CT molecular complexity index is 324. The summed E-state index contributed by atoms with van der Waals surface area (Å²) in [7, 11) is 0. The van der Waals surface area contributed by atoms with E-state index in [-0.39, 0.29) is 12.2 Å². The summed E-state index contributed by atoms with van der Waals surface area (Å²) in [5, 5.41) is 4.30. The highest BCUT2D eigenvalue weighted by Gasteiger charge is 2.24. The molecule has 1 aliphatic heterocycles. The summed E-state index contributed by atoms with van der Waals surface area (Å²) in [5.41, 5.74) is 2.10. The van der Waals surface area contributed by atoms with E-state index in [1.54, 1.807) is 6.92 Å². The molecule has 0 saturated heterocycles. The minimum Gasteiger partial charge on any atom is -0.439 e. The quantitative estimate of drug-likeness (QED) is 0.667. The van der Waals surface area contributed by atoms with Crippen LogP contribution in [0.4, 0.5) is 5.69 Å². The molecule has 0 amide bonds. The number of esters is 1. The largest absolute Gasteiger partial charge is 0.439 e. The van der Waals surface area contributed by atoms with Crippen molar-refractivity contribution in [1.29, 1.82) is 0 Å². The summed E-state index contributed by atoms with van der Waals surface area (Å²) in [6.45, 7) is 1.78. The van der Waals surface area contributed by atoms with Crippen LogP contribution in [0.1, 0.15) is 18.9 Å². The highest BCUT2D eigenvalue weighted by Crippen LogP contribution is 2.25. The van der Waals surface area contributed by atoms with Crippen molar-refractivity contribution in [1.82, 2.24) is 5.32 Å². The van der Waals surface area contributed by atoms with E-state index < -0.39 is 0 Å². The number of carbonyl (C=O) groups excluding carboxylic acids is 1. The van der Waals surface area contributed by atoms with Crippen molar-refractivity contribution in [2.24, 2.45) is 0 Å². The molecular formula is C11H12NO2. The van der Waals surface area contributed by atoms with E-state index in [0.717, 1.165) is 11.3 Å². The van der Waals surface area contributed by atoms with Crippen LogP contribution in [0.25, 0.3) is 0 Å². The normalized spacial score (nSPS) is 18.5. The Morgan fingerprint density at radius 2 is 2.36 bits per heavy atom. The maximum absolute atomic E-state index is 11.0. The molecule has 1 aromatic rings. The highest BCUT2D eigenvalue weighted by molar-refractivity contribution is 5.69. The van der Waals surface area contributed by atoms with E-state index in [4.69, 9.17) is 4.74 Å². The zero-order valence-electron chi connectivity index (χ0n) is 8.06. The van der Waals surface area contributed by atoms with Gasteiger partial charge < -0.3 is 4.74 Å². The maximum atomic E-state index is 11.0. The van der Waals surface area contributed by atoms with Gasteiger partial charge in [-0.1, -0.05) is 25.1 Å². The van der Waals surface area contributed by atoms with Crippen molar-refractivity contribution < 1.29 is 9.53 Å². The molecular weight excluding hydrogens is 178 g/mol. The van der Waals surface area contributed by atoms with Crippen LogP contribution in [-0.4, -0.2) is 12.2 Å². The lowest BCUT2D eigenvalue weighted by atomic mass is 10.2. The Morgan fingerprint density at radius 3 is 3.07 bits per heavy atom. The monoisotopic (exact) mass is 190 g/mol. The zero-order chi connectivity index (χ0) is 9.97. The molecule has 0 N–H and O–H groups in total. The number of benzene rings is 1. The molecule has 3 heteroatoms. The summed E-state index contributed by atoms with van der Waals surface area (Å²) < 4.78 is 5.14. The van der Waals surface area contributed by atoms with Crippen LogP contribution in [0.3, 0.4) is 0 Å². The third-order valence-electron chi connectivity index (χ3n) is 2.23. The molecule has 0 aliphatic carbocycles.